The van der Waals surface area contributed by atoms with E-state index in [4.69, 9.17) is 30.3 Å². The monoisotopic (exact) mass is 884 g/mol. The van der Waals surface area contributed by atoms with Crippen LogP contribution in [0.3, 0.4) is 0 Å². The van der Waals surface area contributed by atoms with Crippen molar-refractivity contribution >= 4 is 72.2 Å². The second kappa shape index (κ2) is 18.4. The van der Waals surface area contributed by atoms with Gasteiger partial charge in [-0.15, -0.1) is 25.5 Å². The fraction of sp³-hybridized carbons (Fsp3) is 0.0909. The van der Waals surface area contributed by atoms with E-state index in [1.807, 2.05) is 0 Å². The number of fused-ring (bicyclic) bond motifs is 5. The van der Waals surface area contributed by atoms with Gasteiger partial charge >= 0.3 is 0 Å². The number of aromatic nitrogens is 15. The first-order chi connectivity index (χ1) is 30.6. The Kier molecular flexibility index (Phi) is 12.5. The Hall–Kier alpha value is -10.1. The maximum absolute atomic E-state index is 10.6. The molecule has 31 nitrogen and oxygen atoms in total. The van der Waals surface area contributed by atoms with E-state index in [2.05, 4.69) is 51.6 Å². The van der Waals surface area contributed by atoms with Gasteiger partial charge in [0, 0.05) is 36.4 Å². The van der Waals surface area contributed by atoms with Crippen LogP contribution in [0.15, 0.2) is 84.9 Å². The summed E-state index contributed by atoms with van der Waals surface area (Å²) in [5, 5.41) is 112. The summed E-state index contributed by atoms with van der Waals surface area (Å²) in [6.07, 6.45) is 0. The molecule has 0 aliphatic carbocycles. The molecule has 0 aliphatic heterocycles. The highest BCUT2D eigenvalue weighted by molar-refractivity contribution is 5.84. The highest BCUT2D eigenvalue weighted by Gasteiger charge is 2.18. The van der Waals surface area contributed by atoms with Crippen LogP contribution < -0.4 is 9.47 Å². The Morgan fingerprint density at radius 1 is 0.484 bits per heavy atom. The van der Waals surface area contributed by atoms with Crippen molar-refractivity contribution in [1.82, 2.24) is 75.8 Å². The second-order valence-electron chi connectivity index (χ2n) is 12.3. The third kappa shape index (κ3) is 9.20. The van der Waals surface area contributed by atoms with E-state index >= 15 is 0 Å². The zero-order valence-electron chi connectivity index (χ0n) is 32.6. The lowest BCUT2D eigenvalue weighted by Crippen LogP contribution is -1.97. The van der Waals surface area contributed by atoms with Crippen molar-refractivity contribution in [1.29, 1.82) is 0 Å². The lowest BCUT2D eigenvalue weighted by molar-refractivity contribution is -0.385. The van der Waals surface area contributed by atoms with Crippen LogP contribution in [0.25, 0.3) is 55.2 Å². The summed E-state index contributed by atoms with van der Waals surface area (Å²) < 4.78 is 9.94. The average molecular weight is 885 g/mol. The topological polar surface area (TPSA) is 403 Å². The van der Waals surface area contributed by atoms with Gasteiger partial charge < -0.3 is 35.5 Å². The van der Waals surface area contributed by atoms with Gasteiger partial charge in [0.1, 0.15) is 61.1 Å². The molecule has 5 N–H and O–H groups in total. The molecule has 31 heteroatoms. The van der Waals surface area contributed by atoms with Gasteiger partial charge in [0.25, 0.3) is 17.1 Å². The Morgan fingerprint density at radius 2 is 0.984 bits per heavy atom. The molecule has 0 saturated carbocycles. The van der Waals surface area contributed by atoms with Crippen LogP contribution in [0, 0.1) is 37.3 Å². The number of nitrogens with zero attached hydrogens (tertiary/aromatic N) is 18. The van der Waals surface area contributed by atoms with Crippen molar-refractivity contribution < 1.29 is 50.3 Å². The van der Waals surface area contributed by atoms with Gasteiger partial charge in [0.2, 0.25) is 0 Å². The van der Waals surface area contributed by atoms with Crippen LogP contribution in [0.2, 0.25) is 0 Å². The molecule has 64 heavy (non-hydrogen) atoms. The van der Waals surface area contributed by atoms with Gasteiger partial charge in [-0.05, 0) is 75.5 Å². The summed E-state index contributed by atoms with van der Waals surface area (Å²) in [6, 6.07) is 21.2. The van der Waals surface area contributed by atoms with Gasteiger partial charge in [0.05, 0.1) is 34.6 Å². The van der Waals surface area contributed by atoms with E-state index in [9.17, 15) is 35.6 Å². The van der Waals surface area contributed by atoms with Crippen molar-refractivity contribution in [3.63, 3.8) is 0 Å². The Bertz CT molecular complexity index is 3300. The standard InChI is InChI=1S/C7H6N4O3.2C7H7N3O2.2C6H4N4O3/c1-4-6(11(13)14)3-2-5-7(4)10(12)9-8-5;1-12-5-2-3-7-6(4-5)8-9-10(7)11;1-12-5-2-3-6-7(4-5)10(11)9-8-6;11-9-6-3-4(10(12)13)1-2-5(6)7-8-9;11-9-4-2-1-3-5(10(12)13)6(4)7-8-9/h2-3,12H,1H3;2*2-4,11H,1H3;2*1-3,11H. The normalized spacial score (nSPS) is 10.5. The Balaban J connectivity index is 0.000000133. The van der Waals surface area contributed by atoms with Gasteiger partial charge in [-0.1, -0.05) is 30.3 Å². The smallest absolute Gasteiger partial charge is 0.299 e. The predicted molar refractivity (Wildman–Crippen MR) is 211 cm³/mol. The van der Waals surface area contributed by atoms with Crippen LogP contribution in [-0.2, 0) is 0 Å². The first-order valence-electron chi connectivity index (χ1n) is 17.3. The molecule has 0 unspecified atom stereocenters. The maximum Gasteiger partial charge on any atom is 0.299 e. The first kappa shape index (κ1) is 43.5. The first-order valence-corrected chi connectivity index (χ1v) is 17.3. The SMILES string of the molecule is COc1ccc2c(c1)nnn2O.COc1ccc2nnn(O)c2c1.Cc1c([N+](=O)[O-])ccc2nnn(O)c12.O=[N+]([O-])c1ccc2nnn(O)c2c1.O=[N+]([O-])c1cccc2c1nnn2O. The zero-order valence-corrected chi connectivity index (χ0v) is 32.6. The minimum Gasteiger partial charge on any atom is -0.497 e. The molecule has 0 atom stereocenters. The number of ether oxygens (including phenoxy) is 2. The van der Waals surface area contributed by atoms with Crippen molar-refractivity contribution in [2.24, 2.45) is 0 Å². The maximum atomic E-state index is 10.6. The average Bonchev–Trinajstić information content (AvgIpc) is 4.14. The van der Waals surface area contributed by atoms with E-state index in [1.165, 1.54) is 55.5 Å². The molecule has 0 spiro atoms. The second-order valence-corrected chi connectivity index (χ2v) is 12.3. The summed E-state index contributed by atoms with van der Waals surface area (Å²) >= 11 is 0. The number of methoxy groups -OCH3 is 2. The zero-order chi connectivity index (χ0) is 46.2. The van der Waals surface area contributed by atoms with E-state index in [0.717, 1.165) is 9.69 Å². The quantitative estimate of drug-likeness (QED) is 0.0939. The molecule has 0 radical (unpaired) electrons. The summed E-state index contributed by atoms with van der Waals surface area (Å²) in [6.45, 7) is 1.54. The summed E-state index contributed by atoms with van der Waals surface area (Å²) in [5.41, 5.74) is 3.97. The number of hydrogen-bond donors (Lipinski definition) is 5. The van der Waals surface area contributed by atoms with E-state index in [0.29, 0.717) is 64.7 Å². The van der Waals surface area contributed by atoms with E-state index in [1.54, 1.807) is 50.6 Å². The van der Waals surface area contributed by atoms with Crippen LogP contribution in [0.4, 0.5) is 17.1 Å². The number of benzene rings is 5. The molecule has 328 valence electrons. The van der Waals surface area contributed by atoms with Gasteiger partial charge in [-0.3, -0.25) is 30.3 Å². The number of rotatable bonds is 5. The van der Waals surface area contributed by atoms with Gasteiger partial charge in [-0.2, -0.15) is 0 Å². The lowest BCUT2D eigenvalue weighted by atomic mass is 10.1. The Morgan fingerprint density at radius 3 is 1.61 bits per heavy atom. The van der Waals surface area contributed by atoms with Crippen LogP contribution >= 0.6 is 0 Å². The van der Waals surface area contributed by atoms with E-state index < -0.39 is 14.8 Å². The number of nitro groups is 3. The molecule has 5 aromatic heterocycles. The number of hydrogen-bond acceptors (Lipinski definition) is 23. The van der Waals surface area contributed by atoms with Crippen molar-refractivity contribution in [2.45, 2.75) is 6.92 Å². The molecule has 0 saturated heterocycles. The summed E-state index contributed by atoms with van der Waals surface area (Å²) in [5.74, 6) is 1.36. The Labute approximate surface area is 351 Å². The number of non-ortho nitro benzene ring substituents is 2. The molecule has 10 aromatic rings. The molecule has 10 rings (SSSR count). The van der Waals surface area contributed by atoms with Crippen LogP contribution in [-0.4, -0.2) is 131 Å². The van der Waals surface area contributed by atoms with Gasteiger partial charge in [-0.25, -0.2) is 0 Å². The van der Waals surface area contributed by atoms with Crippen LogP contribution in [0.1, 0.15) is 5.56 Å². The van der Waals surface area contributed by atoms with Crippen molar-refractivity contribution in [3.8, 4) is 11.5 Å². The highest BCUT2D eigenvalue weighted by Crippen LogP contribution is 2.25. The third-order valence-corrected chi connectivity index (χ3v) is 8.54. The summed E-state index contributed by atoms with van der Waals surface area (Å²) in [7, 11) is 3.14. The minimum atomic E-state index is -0.572. The molecular weight excluding hydrogens is 856 g/mol. The number of nitro benzene ring substituents is 3. The van der Waals surface area contributed by atoms with Crippen molar-refractivity contribution in [3.05, 3.63) is 121 Å². The van der Waals surface area contributed by atoms with Crippen molar-refractivity contribution in [2.75, 3.05) is 14.2 Å². The molecule has 0 amide bonds. The van der Waals surface area contributed by atoms with Crippen LogP contribution in [0.5, 0.6) is 11.5 Å². The predicted octanol–water partition coefficient (Wildman–Crippen LogP) is 3.39. The summed E-state index contributed by atoms with van der Waals surface area (Å²) in [4.78, 5) is 32.8. The lowest BCUT2D eigenvalue weighted by Gasteiger charge is -1.97. The van der Waals surface area contributed by atoms with Gasteiger partial charge in [0.15, 0.2) is 5.52 Å². The molecule has 0 aliphatic rings. The highest BCUT2D eigenvalue weighted by atomic mass is 16.6. The molecule has 5 heterocycles. The third-order valence-electron chi connectivity index (χ3n) is 8.54. The molecule has 5 aromatic carbocycles. The molecule has 0 fully saturated rings. The number of aryl methyl sites for hydroxylation is 1. The minimum absolute atomic E-state index is 0.0601. The molecule has 0 bridgehead atoms. The fourth-order valence-corrected chi connectivity index (χ4v) is 5.45. The largest absolute Gasteiger partial charge is 0.497 e. The van der Waals surface area contributed by atoms with E-state index in [-0.39, 0.29) is 39.1 Å². The molecular formula is C33H28N18O13. The fourth-order valence-electron chi connectivity index (χ4n) is 5.45.